The summed E-state index contributed by atoms with van der Waals surface area (Å²) in [5.41, 5.74) is 3.25. The highest BCUT2D eigenvalue weighted by Crippen LogP contribution is 2.27. The van der Waals surface area contributed by atoms with Crippen LogP contribution in [0.2, 0.25) is 0 Å². The van der Waals surface area contributed by atoms with Gasteiger partial charge in [-0.25, -0.2) is 0 Å². The third-order valence-corrected chi connectivity index (χ3v) is 2.88. The molecule has 2 aromatic carbocycles. The number of allylic oxidation sites excluding steroid dienone is 4. The van der Waals surface area contributed by atoms with Crippen LogP contribution in [0.15, 0.2) is 79.9 Å². The predicted octanol–water partition coefficient (Wildman–Crippen LogP) is 5.54. The molecule has 0 aliphatic rings. The zero-order chi connectivity index (χ0) is 14.4. The summed E-state index contributed by atoms with van der Waals surface area (Å²) in [6.45, 7) is 9.63. The van der Waals surface area contributed by atoms with Gasteiger partial charge in [-0.15, -0.1) is 0 Å². The lowest BCUT2D eigenvalue weighted by Gasteiger charge is -2.10. The third-order valence-electron chi connectivity index (χ3n) is 2.88. The molecule has 100 valence electrons. The molecule has 0 N–H and O–H groups in total. The average Bonchev–Trinajstić information content (AvgIpc) is 2.45. The topological polar surface area (TPSA) is 9.23 Å². The SMILES string of the molecule is C=CC=C(C=C)c1cc(C)cc(Oc2ccccc2)c1. The van der Waals surface area contributed by atoms with Gasteiger partial charge in [0.05, 0.1) is 0 Å². The van der Waals surface area contributed by atoms with Gasteiger partial charge in [0.25, 0.3) is 0 Å². The van der Waals surface area contributed by atoms with Crippen LogP contribution in [0.25, 0.3) is 5.57 Å². The Morgan fingerprint density at radius 3 is 2.40 bits per heavy atom. The summed E-state index contributed by atoms with van der Waals surface area (Å²) in [4.78, 5) is 0. The van der Waals surface area contributed by atoms with E-state index in [4.69, 9.17) is 4.74 Å². The van der Waals surface area contributed by atoms with Gasteiger partial charge in [-0.2, -0.15) is 0 Å². The molecule has 0 aliphatic heterocycles. The quantitative estimate of drug-likeness (QED) is 0.642. The van der Waals surface area contributed by atoms with E-state index in [0.29, 0.717) is 0 Å². The Kier molecular flexibility index (Phi) is 4.56. The molecule has 1 nitrogen and oxygen atoms in total. The minimum absolute atomic E-state index is 0.822. The Hall–Kier alpha value is -2.54. The Morgan fingerprint density at radius 2 is 1.75 bits per heavy atom. The van der Waals surface area contributed by atoms with Gasteiger partial charge in [-0.3, -0.25) is 0 Å². The van der Waals surface area contributed by atoms with Gasteiger partial charge in [0.1, 0.15) is 11.5 Å². The van der Waals surface area contributed by atoms with E-state index in [-0.39, 0.29) is 0 Å². The van der Waals surface area contributed by atoms with Crippen LogP contribution in [-0.4, -0.2) is 0 Å². The predicted molar refractivity (Wildman–Crippen MR) is 86.1 cm³/mol. The number of benzene rings is 2. The first-order valence-electron chi connectivity index (χ1n) is 6.53. The van der Waals surface area contributed by atoms with Crippen molar-refractivity contribution >= 4 is 5.57 Å². The van der Waals surface area contributed by atoms with Crippen LogP contribution in [0.5, 0.6) is 11.5 Å². The lowest BCUT2D eigenvalue weighted by atomic mass is 10.0. The molecule has 0 bridgehead atoms. The van der Waals surface area contributed by atoms with Crippen LogP contribution in [0.4, 0.5) is 0 Å². The first-order chi connectivity index (χ1) is 9.72. The number of aryl methyl sites for hydroxylation is 1. The van der Waals surface area contributed by atoms with Crippen LogP contribution in [0, 0.1) is 6.92 Å². The minimum Gasteiger partial charge on any atom is -0.457 e. The van der Waals surface area contributed by atoms with E-state index < -0.39 is 0 Å². The summed E-state index contributed by atoms with van der Waals surface area (Å²) in [5.74, 6) is 1.65. The molecule has 0 saturated carbocycles. The van der Waals surface area contributed by atoms with Crippen LogP contribution in [0.1, 0.15) is 11.1 Å². The molecule has 1 heteroatoms. The zero-order valence-electron chi connectivity index (χ0n) is 11.7. The van der Waals surface area contributed by atoms with Gasteiger partial charge in [0.2, 0.25) is 0 Å². The molecule has 0 spiro atoms. The second-order valence-electron chi connectivity index (χ2n) is 4.51. The van der Waals surface area contributed by atoms with Crippen molar-refractivity contribution in [3.05, 3.63) is 91.0 Å². The van der Waals surface area contributed by atoms with Crippen molar-refractivity contribution in [3.63, 3.8) is 0 Å². The number of para-hydroxylation sites is 1. The molecule has 0 heterocycles. The molecule has 0 aromatic heterocycles. The van der Waals surface area contributed by atoms with E-state index in [9.17, 15) is 0 Å². The maximum absolute atomic E-state index is 5.89. The first-order valence-corrected chi connectivity index (χ1v) is 6.53. The Morgan fingerprint density at radius 1 is 1.00 bits per heavy atom. The van der Waals surface area contributed by atoms with E-state index in [1.807, 2.05) is 54.6 Å². The monoisotopic (exact) mass is 262 g/mol. The minimum atomic E-state index is 0.822. The second kappa shape index (κ2) is 6.58. The average molecular weight is 262 g/mol. The summed E-state index contributed by atoms with van der Waals surface area (Å²) in [6.07, 6.45) is 5.52. The number of hydrogen-bond acceptors (Lipinski definition) is 1. The third kappa shape index (κ3) is 3.48. The highest BCUT2D eigenvalue weighted by molar-refractivity contribution is 5.75. The molecule has 0 unspecified atom stereocenters. The van der Waals surface area contributed by atoms with Crippen molar-refractivity contribution in [1.82, 2.24) is 0 Å². The molecule has 20 heavy (non-hydrogen) atoms. The van der Waals surface area contributed by atoms with Gasteiger partial charge >= 0.3 is 0 Å². The number of ether oxygens (including phenoxy) is 1. The molecule has 2 aromatic rings. The molecule has 0 aliphatic carbocycles. The highest BCUT2D eigenvalue weighted by Gasteiger charge is 2.03. The van der Waals surface area contributed by atoms with E-state index in [0.717, 1.165) is 28.2 Å². The van der Waals surface area contributed by atoms with Gasteiger partial charge in [-0.05, 0) is 47.9 Å². The van der Waals surface area contributed by atoms with Crippen LogP contribution >= 0.6 is 0 Å². The van der Waals surface area contributed by atoms with E-state index in [1.54, 1.807) is 6.08 Å². The fraction of sp³-hybridized carbons (Fsp3) is 0.0526. The summed E-state index contributed by atoms with van der Waals surface area (Å²) in [6, 6.07) is 15.9. The summed E-state index contributed by atoms with van der Waals surface area (Å²) < 4.78 is 5.89. The Labute approximate surface area is 120 Å². The van der Waals surface area contributed by atoms with Gasteiger partial charge in [0, 0.05) is 0 Å². The van der Waals surface area contributed by atoms with Crippen molar-refractivity contribution in [3.8, 4) is 11.5 Å². The molecule has 2 rings (SSSR count). The van der Waals surface area contributed by atoms with E-state index >= 15 is 0 Å². The van der Waals surface area contributed by atoms with Crippen molar-refractivity contribution in [2.75, 3.05) is 0 Å². The maximum atomic E-state index is 5.89. The van der Waals surface area contributed by atoms with Gasteiger partial charge < -0.3 is 4.74 Å². The van der Waals surface area contributed by atoms with Crippen LogP contribution < -0.4 is 4.74 Å². The zero-order valence-corrected chi connectivity index (χ0v) is 11.7. The lowest BCUT2D eigenvalue weighted by Crippen LogP contribution is -1.88. The first kappa shape index (κ1) is 13.9. The standard InChI is InChI=1S/C19H18O/c1-4-9-16(5-2)17-12-15(3)13-19(14-17)20-18-10-7-6-8-11-18/h4-14H,1-2H2,3H3. The molecule has 0 amide bonds. The maximum Gasteiger partial charge on any atom is 0.128 e. The Bertz CT molecular complexity index is 636. The second-order valence-corrected chi connectivity index (χ2v) is 4.51. The Balaban J connectivity index is 2.36. The smallest absolute Gasteiger partial charge is 0.128 e. The van der Waals surface area contributed by atoms with Crippen LogP contribution in [-0.2, 0) is 0 Å². The summed E-state index contributed by atoms with van der Waals surface area (Å²) in [7, 11) is 0. The number of hydrogen-bond donors (Lipinski definition) is 0. The summed E-state index contributed by atoms with van der Waals surface area (Å²) in [5, 5.41) is 0. The molecule has 0 radical (unpaired) electrons. The lowest BCUT2D eigenvalue weighted by molar-refractivity contribution is 0.482. The molecule has 0 fully saturated rings. The van der Waals surface area contributed by atoms with Gasteiger partial charge in [0.15, 0.2) is 0 Å². The molecular weight excluding hydrogens is 244 g/mol. The normalized spacial score (nSPS) is 10.9. The molecule has 0 atom stereocenters. The van der Waals surface area contributed by atoms with E-state index in [1.165, 1.54) is 0 Å². The van der Waals surface area contributed by atoms with E-state index in [2.05, 4.69) is 26.1 Å². The van der Waals surface area contributed by atoms with Crippen LogP contribution in [0.3, 0.4) is 0 Å². The molecule has 0 saturated heterocycles. The fourth-order valence-electron chi connectivity index (χ4n) is 2.01. The van der Waals surface area contributed by atoms with Crippen molar-refractivity contribution in [1.29, 1.82) is 0 Å². The van der Waals surface area contributed by atoms with Crippen molar-refractivity contribution < 1.29 is 4.74 Å². The molecular formula is C19H18O. The fourth-order valence-corrected chi connectivity index (χ4v) is 2.01. The van der Waals surface area contributed by atoms with Gasteiger partial charge in [-0.1, -0.05) is 55.7 Å². The van der Waals surface area contributed by atoms with Crippen molar-refractivity contribution in [2.24, 2.45) is 0 Å². The highest BCUT2D eigenvalue weighted by atomic mass is 16.5. The van der Waals surface area contributed by atoms with Crippen molar-refractivity contribution in [2.45, 2.75) is 6.92 Å². The summed E-state index contributed by atoms with van der Waals surface area (Å²) >= 11 is 0. The largest absolute Gasteiger partial charge is 0.457 e. The number of rotatable bonds is 5.